The van der Waals surface area contributed by atoms with Gasteiger partial charge in [0.05, 0.1) is 18.8 Å². The molecule has 1 fully saturated rings. The molecule has 1 aromatic rings. The number of hydrogen-bond acceptors (Lipinski definition) is 3. The molecule has 1 saturated carbocycles. The van der Waals surface area contributed by atoms with Crippen LogP contribution in [-0.2, 0) is 17.9 Å². The van der Waals surface area contributed by atoms with Gasteiger partial charge in [0, 0.05) is 11.5 Å². The summed E-state index contributed by atoms with van der Waals surface area (Å²) in [6, 6.07) is -0.470. The fourth-order valence-electron chi connectivity index (χ4n) is 1.96. The number of nitrogens with one attached hydrogen (secondary N) is 2. The van der Waals surface area contributed by atoms with Gasteiger partial charge in [0.1, 0.15) is 5.82 Å². The third-order valence-corrected chi connectivity index (χ3v) is 3.15. The monoisotopic (exact) mass is 235 g/mol. The van der Waals surface area contributed by atoms with Crippen molar-refractivity contribution in [1.29, 1.82) is 0 Å². The topological polar surface area (TPSA) is 104 Å². The van der Waals surface area contributed by atoms with Gasteiger partial charge in [0.15, 0.2) is 0 Å². The van der Waals surface area contributed by atoms with Crippen LogP contribution in [0.25, 0.3) is 0 Å². The standard InChI is InChI=1S/C10H13N5O2/c11-10(17)15-3-6-7(4-15)13-14-8(6)12-9(16)5-1-2-5/h5H,1-4H2,(H2,11,17)(H2,12,13,14,16). The van der Waals surface area contributed by atoms with E-state index in [0.717, 1.165) is 24.1 Å². The Bertz CT molecular complexity index is 491. The van der Waals surface area contributed by atoms with Gasteiger partial charge < -0.3 is 16.0 Å². The largest absolute Gasteiger partial charge is 0.351 e. The highest BCUT2D eigenvalue weighted by Gasteiger charge is 2.32. The van der Waals surface area contributed by atoms with E-state index in [4.69, 9.17) is 5.73 Å². The summed E-state index contributed by atoms with van der Waals surface area (Å²) in [5.41, 5.74) is 6.84. The number of fused-ring (bicyclic) bond motifs is 1. The number of nitrogens with zero attached hydrogens (tertiary/aromatic N) is 2. The normalized spacial score (nSPS) is 18.0. The van der Waals surface area contributed by atoms with E-state index < -0.39 is 6.03 Å². The van der Waals surface area contributed by atoms with Crippen LogP contribution < -0.4 is 11.1 Å². The Morgan fingerprint density at radius 2 is 2.18 bits per heavy atom. The summed E-state index contributed by atoms with van der Waals surface area (Å²) in [6.07, 6.45) is 1.91. The van der Waals surface area contributed by atoms with E-state index in [-0.39, 0.29) is 11.8 Å². The lowest BCUT2D eigenvalue weighted by molar-refractivity contribution is -0.117. The first-order valence-corrected chi connectivity index (χ1v) is 5.56. The van der Waals surface area contributed by atoms with E-state index in [1.807, 2.05) is 0 Å². The Labute approximate surface area is 97.3 Å². The second kappa shape index (κ2) is 3.47. The number of hydrogen-bond donors (Lipinski definition) is 3. The first kappa shape index (κ1) is 10.1. The number of aromatic nitrogens is 2. The molecule has 1 aliphatic carbocycles. The molecule has 0 unspecified atom stereocenters. The van der Waals surface area contributed by atoms with Crippen LogP contribution in [0.4, 0.5) is 10.6 Å². The number of amides is 3. The van der Waals surface area contributed by atoms with E-state index in [0.29, 0.717) is 18.9 Å². The van der Waals surface area contributed by atoms with Gasteiger partial charge in [-0.25, -0.2) is 4.79 Å². The number of urea groups is 1. The van der Waals surface area contributed by atoms with Crippen LogP contribution in [0, 0.1) is 5.92 Å². The molecule has 0 saturated heterocycles. The van der Waals surface area contributed by atoms with Gasteiger partial charge in [-0.2, -0.15) is 5.10 Å². The Morgan fingerprint density at radius 3 is 2.82 bits per heavy atom. The smallest absolute Gasteiger partial charge is 0.315 e. The highest BCUT2D eigenvalue weighted by molar-refractivity contribution is 5.94. The summed E-state index contributed by atoms with van der Waals surface area (Å²) in [6.45, 7) is 0.807. The van der Waals surface area contributed by atoms with Gasteiger partial charge in [-0.15, -0.1) is 0 Å². The van der Waals surface area contributed by atoms with Crippen LogP contribution in [0.15, 0.2) is 0 Å². The summed E-state index contributed by atoms with van der Waals surface area (Å²) in [7, 11) is 0. The molecule has 7 nitrogen and oxygen atoms in total. The molecular formula is C10H13N5O2. The quantitative estimate of drug-likeness (QED) is 0.679. The second-order valence-corrected chi connectivity index (χ2v) is 4.48. The average molecular weight is 235 g/mol. The van der Waals surface area contributed by atoms with Crippen LogP contribution in [0.3, 0.4) is 0 Å². The minimum Gasteiger partial charge on any atom is -0.351 e. The molecule has 90 valence electrons. The molecule has 0 spiro atoms. The Balaban J connectivity index is 1.76. The van der Waals surface area contributed by atoms with Crippen molar-refractivity contribution in [2.24, 2.45) is 11.7 Å². The van der Waals surface area contributed by atoms with Crippen molar-refractivity contribution in [3.05, 3.63) is 11.3 Å². The van der Waals surface area contributed by atoms with Gasteiger partial charge >= 0.3 is 6.03 Å². The van der Waals surface area contributed by atoms with Gasteiger partial charge in [-0.05, 0) is 12.8 Å². The minimum absolute atomic E-state index is 0.0222. The van der Waals surface area contributed by atoms with Crippen LogP contribution in [0.5, 0.6) is 0 Å². The van der Waals surface area contributed by atoms with E-state index in [1.165, 1.54) is 4.90 Å². The molecule has 17 heavy (non-hydrogen) atoms. The van der Waals surface area contributed by atoms with Crippen LogP contribution in [0.1, 0.15) is 24.1 Å². The summed E-state index contributed by atoms with van der Waals surface area (Å²) in [5, 5.41) is 9.67. The predicted molar refractivity (Wildman–Crippen MR) is 58.8 cm³/mol. The molecule has 7 heteroatoms. The summed E-state index contributed by atoms with van der Waals surface area (Å²) in [5.74, 6) is 0.761. The maximum atomic E-state index is 11.6. The minimum atomic E-state index is -0.470. The van der Waals surface area contributed by atoms with Crippen molar-refractivity contribution < 1.29 is 9.59 Å². The number of aromatic amines is 1. The fourth-order valence-corrected chi connectivity index (χ4v) is 1.96. The van der Waals surface area contributed by atoms with Gasteiger partial charge in [0.25, 0.3) is 0 Å². The lowest BCUT2D eigenvalue weighted by Gasteiger charge is -2.11. The molecule has 1 aliphatic heterocycles. The highest BCUT2D eigenvalue weighted by atomic mass is 16.2. The zero-order valence-corrected chi connectivity index (χ0v) is 9.19. The van der Waals surface area contributed by atoms with Crippen molar-refractivity contribution >= 4 is 17.8 Å². The third kappa shape index (κ3) is 1.73. The SMILES string of the molecule is NC(=O)N1Cc2n[nH]c(NC(=O)C3CC3)c2C1. The average Bonchev–Trinajstić information content (AvgIpc) is 2.94. The van der Waals surface area contributed by atoms with Crippen molar-refractivity contribution in [2.45, 2.75) is 25.9 Å². The Hall–Kier alpha value is -2.05. The lowest BCUT2D eigenvalue weighted by Crippen LogP contribution is -2.31. The molecule has 3 rings (SSSR count). The molecule has 1 aromatic heterocycles. The number of carbonyl (C=O) groups excluding carboxylic acids is 2. The summed E-state index contributed by atoms with van der Waals surface area (Å²) in [4.78, 5) is 24.2. The predicted octanol–water partition coefficient (Wildman–Crippen LogP) is 0.152. The third-order valence-electron chi connectivity index (χ3n) is 3.15. The van der Waals surface area contributed by atoms with Gasteiger partial charge in [-0.3, -0.25) is 9.89 Å². The van der Waals surface area contributed by atoms with Crippen LogP contribution in [0.2, 0.25) is 0 Å². The van der Waals surface area contributed by atoms with Crippen LogP contribution in [-0.4, -0.2) is 27.0 Å². The molecule has 4 N–H and O–H groups in total. The van der Waals surface area contributed by atoms with E-state index in [2.05, 4.69) is 15.5 Å². The maximum absolute atomic E-state index is 11.6. The van der Waals surface area contributed by atoms with Gasteiger partial charge in [-0.1, -0.05) is 0 Å². The molecule has 0 atom stereocenters. The Kier molecular flexibility index (Phi) is 2.07. The van der Waals surface area contributed by atoms with E-state index >= 15 is 0 Å². The number of carbonyl (C=O) groups is 2. The maximum Gasteiger partial charge on any atom is 0.315 e. The van der Waals surface area contributed by atoms with Crippen LogP contribution >= 0.6 is 0 Å². The highest BCUT2D eigenvalue weighted by Crippen LogP contribution is 2.32. The number of nitrogens with two attached hydrogens (primary N) is 1. The zero-order valence-electron chi connectivity index (χ0n) is 9.19. The molecule has 3 amide bonds. The first-order valence-electron chi connectivity index (χ1n) is 5.56. The number of primary amides is 1. The Morgan fingerprint density at radius 1 is 1.41 bits per heavy atom. The fraction of sp³-hybridized carbons (Fsp3) is 0.500. The second-order valence-electron chi connectivity index (χ2n) is 4.48. The number of anilines is 1. The van der Waals surface area contributed by atoms with E-state index in [9.17, 15) is 9.59 Å². The molecule has 0 bridgehead atoms. The number of rotatable bonds is 2. The van der Waals surface area contributed by atoms with Crippen molar-refractivity contribution in [2.75, 3.05) is 5.32 Å². The molecule has 2 heterocycles. The first-order chi connectivity index (χ1) is 8.15. The van der Waals surface area contributed by atoms with Crippen molar-refractivity contribution in [3.8, 4) is 0 Å². The lowest BCUT2D eigenvalue weighted by atomic mass is 10.2. The molecular weight excluding hydrogens is 222 g/mol. The van der Waals surface area contributed by atoms with Crippen molar-refractivity contribution in [3.63, 3.8) is 0 Å². The molecule has 2 aliphatic rings. The van der Waals surface area contributed by atoms with Crippen molar-refractivity contribution in [1.82, 2.24) is 15.1 Å². The van der Waals surface area contributed by atoms with Gasteiger partial charge in [0.2, 0.25) is 5.91 Å². The molecule has 0 aromatic carbocycles. The summed E-state index contributed by atoms with van der Waals surface area (Å²) >= 11 is 0. The van der Waals surface area contributed by atoms with E-state index in [1.54, 1.807) is 0 Å². The number of H-pyrrole nitrogens is 1. The summed E-state index contributed by atoms with van der Waals surface area (Å²) < 4.78 is 0. The zero-order chi connectivity index (χ0) is 12.0. The molecule has 0 radical (unpaired) electrons.